The van der Waals surface area contributed by atoms with Crippen molar-refractivity contribution in [3.63, 3.8) is 0 Å². The van der Waals surface area contributed by atoms with Gasteiger partial charge in [0.1, 0.15) is 5.75 Å². The lowest BCUT2D eigenvalue weighted by atomic mass is 9.91. The summed E-state index contributed by atoms with van der Waals surface area (Å²) in [5.41, 5.74) is 12.7. The van der Waals surface area contributed by atoms with Crippen LogP contribution in [-0.2, 0) is 11.2 Å². The molecule has 1 fully saturated rings. The van der Waals surface area contributed by atoms with Gasteiger partial charge in [-0.3, -0.25) is 4.79 Å². The maximum Gasteiger partial charge on any atom is 0.237 e. The molecule has 1 saturated carbocycles. The van der Waals surface area contributed by atoms with Crippen LogP contribution in [0.1, 0.15) is 31.2 Å². The molecule has 6 N–H and O–H groups in total. The molecule has 0 aliphatic heterocycles. The fourth-order valence-electron chi connectivity index (χ4n) is 2.55. The minimum atomic E-state index is -0.560. The van der Waals surface area contributed by atoms with Gasteiger partial charge in [0.25, 0.3) is 0 Å². The molecule has 0 heterocycles. The van der Waals surface area contributed by atoms with E-state index in [-0.39, 0.29) is 23.7 Å². The highest BCUT2D eigenvalue weighted by Gasteiger charge is 2.22. The molecule has 5 nitrogen and oxygen atoms in total. The number of nitrogens with one attached hydrogen (secondary N) is 1. The third kappa shape index (κ3) is 4.21. The molecule has 20 heavy (non-hydrogen) atoms. The molecule has 1 aromatic carbocycles. The Morgan fingerprint density at radius 1 is 1.25 bits per heavy atom. The molecular weight excluding hydrogens is 254 g/mol. The summed E-state index contributed by atoms with van der Waals surface area (Å²) < 4.78 is 0. The van der Waals surface area contributed by atoms with Crippen molar-refractivity contribution in [1.29, 1.82) is 0 Å². The molecule has 0 spiro atoms. The number of benzene rings is 1. The third-order valence-corrected chi connectivity index (χ3v) is 3.85. The molecule has 1 aromatic rings. The Kier molecular flexibility index (Phi) is 4.98. The fourth-order valence-corrected chi connectivity index (χ4v) is 2.55. The summed E-state index contributed by atoms with van der Waals surface area (Å²) in [6.45, 7) is 0. The summed E-state index contributed by atoms with van der Waals surface area (Å²) in [4.78, 5) is 12.0. The number of carbonyl (C=O) groups excluding carboxylic acids is 1. The van der Waals surface area contributed by atoms with Crippen LogP contribution in [0.4, 0.5) is 0 Å². The molecule has 1 atom stereocenters. The average Bonchev–Trinajstić information content (AvgIpc) is 2.44. The Morgan fingerprint density at radius 2 is 1.85 bits per heavy atom. The highest BCUT2D eigenvalue weighted by Crippen LogP contribution is 2.17. The highest BCUT2D eigenvalue weighted by atomic mass is 16.3. The summed E-state index contributed by atoms with van der Waals surface area (Å²) in [5, 5.41) is 12.2. The molecule has 1 aliphatic carbocycles. The van der Waals surface area contributed by atoms with Crippen LogP contribution in [0, 0.1) is 0 Å². The van der Waals surface area contributed by atoms with Gasteiger partial charge in [0.15, 0.2) is 0 Å². The van der Waals surface area contributed by atoms with E-state index in [1.54, 1.807) is 24.3 Å². The number of rotatable bonds is 4. The second-order valence-corrected chi connectivity index (χ2v) is 5.60. The number of aromatic hydroxyl groups is 1. The van der Waals surface area contributed by atoms with Crippen molar-refractivity contribution in [1.82, 2.24) is 5.32 Å². The number of hydrogen-bond donors (Lipinski definition) is 4. The van der Waals surface area contributed by atoms with E-state index in [0.29, 0.717) is 6.42 Å². The molecule has 1 unspecified atom stereocenters. The first-order valence-electron chi connectivity index (χ1n) is 7.14. The Morgan fingerprint density at radius 3 is 2.45 bits per heavy atom. The van der Waals surface area contributed by atoms with Crippen molar-refractivity contribution in [3.8, 4) is 5.75 Å². The Labute approximate surface area is 119 Å². The fraction of sp³-hybridized carbons (Fsp3) is 0.533. The second kappa shape index (κ2) is 6.72. The first-order valence-corrected chi connectivity index (χ1v) is 7.14. The summed E-state index contributed by atoms with van der Waals surface area (Å²) in [6.07, 6.45) is 4.24. The van der Waals surface area contributed by atoms with Crippen LogP contribution in [0.5, 0.6) is 5.75 Å². The number of phenols is 1. The van der Waals surface area contributed by atoms with E-state index >= 15 is 0 Å². The maximum absolute atomic E-state index is 12.0. The van der Waals surface area contributed by atoms with Crippen molar-refractivity contribution in [2.75, 3.05) is 0 Å². The molecule has 5 heteroatoms. The lowest BCUT2D eigenvalue weighted by molar-refractivity contribution is -0.123. The molecule has 2 rings (SSSR count). The van der Waals surface area contributed by atoms with Gasteiger partial charge < -0.3 is 21.9 Å². The van der Waals surface area contributed by atoms with Crippen molar-refractivity contribution < 1.29 is 9.90 Å². The maximum atomic E-state index is 12.0. The van der Waals surface area contributed by atoms with Crippen molar-refractivity contribution in [3.05, 3.63) is 29.8 Å². The average molecular weight is 277 g/mol. The number of phenolic OH excluding ortho intramolecular Hbond substituents is 1. The van der Waals surface area contributed by atoms with Crippen LogP contribution in [0.15, 0.2) is 24.3 Å². The minimum absolute atomic E-state index is 0.112. The smallest absolute Gasteiger partial charge is 0.237 e. The summed E-state index contributed by atoms with van der Waals surface area (Å²) in [7, 11) is 0. The van der Waals surface area contributed by atoms with Crippen LogP contribution in [-0.4, -0.2) is 29.1 Å². The van der Waals surface area contributed by atoms with Gasteiger partial charge in [-0.2, -0.15) is 0 Å². The number of amides is 1. The van der Waals surface area contributed by atoms with Crippen LogP contribution in [0.3, 0.4) is 0 Å². The molecule has 110 valence electrons. The van der Waals surface area contributed by atoms with Crippen molar-refractivity contribution in [2.24, 2.45) is 11.5 Å². The highest BCUT2D eigenvalue weighted by molar-refractivity contribution is 5.82. The lowest BCUT2D eigenvalue weighted by Crippen LogP contribution is -2.48. The quantitative estimate of drug-likeness (QED) is 0.649. The van der Waals surface area contributed by atoms with Gasteiger partial charge in [-0.05, 0) is 49.8 Å². The minimum Gasteiger partial charge on any atom is -0.508 e. The molecular formula is C15H23N3O2. The SMILES string of the molecule is NC1CCC(NC(=O)C(N)Cc2ccc(O)cc2)CC1. The van der Waals surface area contributed by atoms with Gasteiger partial charge in [0, 0.05) is 12.1 Å². The molecule has 0 saturated heterocycles. The zero-order chi connectivity index (χ0) is 14.5. The van der Waals surface area contributed by atoms with Gasteiger partial charge in [0.2, 0.25) is 5.91 Å². The first kappa shape index (κ1) is 14.8. The Bertz CT molecular complexity index is 439. The normalized spacial score (nSPS) is 24.1. The summed E-state index contributed by atoms with van der Waals surface area (Å²) in [6, 6.07) is 6.67. The Hall–Kier alpha value is -1.59. The second-order valence-electron chi connectivity index (χ2n) is 5.60. The van der Waals surface area contributed by atoms with Crippen molar-refractivity contribution in [2.45, 2.75) is 50.2 Å². The predicted octanol–water partition coefficient (Wildman–Crippen LogP) is 0.648. The number of nitrogens with two attached hydrogens (primary N) is 2. The van der Waals surface area contributed by atoms with E-state index < -0.39 is 6.04 Å². The van der Waals surface area contributed by atoms with Crippen LogP contribution >= 0.6 is 0 Å². The van der Waals surface area contributed by atoms with Crippen molar-refractivity contribution >= 4 is 5.91 Å². The van der Waals surface area contributed by atoms with Crippen LogP contribution in [0.2, 0.25) is 0 Å². The largest absolute Gasteiger partial charge is 0.508 e. The van der Waals surface area contributed by atoms with E-state index in [4.69, 9.17) is 11.5 Å². The van der Waals surface area contributed by atoms with E-state index in [1.165, 1.54) is 0 Å². The number of carbonyl (C=O) groups is 1. The van der Waals surface area contributed by atoms with Gasteiger partial charge in [-0.15, -0.1) is 0 Å². The number of hydrogen-bond acceptors (Lipinski definition) is 4. The Balaban J connectivity index is 1.81. The zero-order valence-electron chi connectivity index (χ0n) is 11.6. The van der Waals surface area contributed by atoms with Gasteiger partial charge in [-0.1, -0.05) is 12.1 Å². The summed E-state index contributed by atoms with van der Waals surface area (Å²) >= 11 is 0. The first-order chi connectivity index (χ1) is 9.54. The lowest BCUT2D eigenvalue weighted by Gasteiger charge is -2.27. The van der Waals surface area contributed by atoms with E-state index in [9.17, 15) is 9.90 Å². The molecule has 0 bridgehead atoms. The van der Waals surface area contributed by atoms with E-state index in [2.05, 4.69) is 5.32 Å². The van der Waals surface area contributed by atoms with Crippen LogP contribution in [0.25, 0.3) is 0 Å². The molecule has 0 radical (unpaired) electrons. The standard InChI is InChI=1S/C15H23N3O2/c16-11-3-5-12(6-4-11)18-15(20)14(17)9-10-1-7-13(19)8-2-10/h1-2,7-8,11-12,14,19H,3-6,9,16-17H2,(H,18,20). The summed E-state index contributed by atoms with van der Waals surface area (Å²) in [5.74, 6) is 0.101. The zero-order valence-corrected chi connectivity index (χ0v) is 11.6. The van der Waals surface area contributed by atoms with Gasteiger partial charge in [-0.25, -0.2) is 0 Å². The van der Waals surface area contributed by atoms with E-state index in [0.717, 1.165) is 31.2 Å². The molecule has 1 aliphatic rings. The third-order valence-electron chi connectivity index (χ3n) is 3.85. The van der Waals surface area contributed by atoms with Crippen LogP contribution < -0.4 is 16.8 Å². The van der Waals surface area contributed by atoms with E-state index in [1.807, 2.05) is 0 Å². The monoisotopic (exact) mass is 277 g/mol. The van der Waals surface area contributed by atoms with Gasteiger partial charge >= 0.3 is 0 Å². The van der Waals surface area contributed by atoms with Gasteiger partial charge in [0.05, 0.1) is 6.04 Å². The topological polar surface area (TPSA) is 101 Å². The molecule has 1 amide bonds. The molecule has 0 aromatic heterocycles. The predicted molar refractivity (Wildman–Crippen MR) is 78.2 cm³/mol.